The zero-order valence-electron chi connectivity index (χ0n) is 9.19. The van der Waals surface area contributed by atoms with Crippen molar-refractivity contribution in [2.75, 3.05) is 12.4 Å². The van der Waals surface area contributed by atoms with Gasteiger partial charge in [-0.1, -0.05) is 36.4 Å². The number of fused-ring (bicyclic) bond motifs is 1. The van der Waals surface area contributed by atoms with E-state index in [-0.39, 0.29) is 6.61 Å². The third-order valence-corrected chi connectivity index (χ3v) is 3.01. The fourth-order valence-electron chi connectivity index (χ4n) is 2.06. The molecule has 1 N–H and O–H groups in total. The molecule has 2 heteroatoms. The lowest BCUT2D eigenvalue weighted by molar-refractivity contribution is 0.300. The molecule has 0 aliphatic rings. The van der Waals surface area contributed by atoms with Crippen molar-refractivity contribution in [3.05, 3.63) is 47.5 Å². The molecule has 1 nitrogen and oxygen atoms in total. The first-order valence-corrected chi connectivity index (χ1v) is 6.20. The average Bonchev–Trinajstić information content (AvgIpc) is 2.30. The molecule has 0 fully saturated rings. The molecule has 2 aromatic rings. The van der Waals surface area contributed by atoms with Gasteiger partial charge in [0.05, 0.1) is 0 Å². The Morgan fingerprint density at radius 3 is 2.62 bits per heavy atom. The number of rotatable bonds is 4. The summed E-state index contributed by atoms with van der Waals surface area (Å²) in [7, 11) is 0. The maximum atomic E-state index is 9.08. The van der Waals surface area contributed by atoms with E-state index < -0.39 is 0 Å². The molecule has 0 unspecified atom stereocenters. The second-order valence-corrected chi connectivity index (χ2v) is 4.37. The Morgan fingerprint density at radius 1 is 1.06 bits per heavy atom. The summed E-state index contributed by atoms with van der Waals surface area (Å²) in [4.78, 5) is 0. The largest absolute Gasteiger partial charge is 0.396 e. The Balaban J connectivity index is 2.54. The predicted octanol–water partition coefficient (Wildman–Crippen LogP) is 2.85. The smallest absolute Gasteiger partial charge is 0.0471 e. The topological polar surface area (TPSA) is 20.2 Å². The Labute approximate surface area is 102 Å². The number of benzene rings is 2. The van der Waals surface area contributed by atoms with Gasteiger partial charge in [-0.2, -0.15) is 12.6 Å². The highest BCUT2D eigenvalue weighted by atomic mass is 32.1. The van der Waals surface area contributed by atoms with Crippen LogP contribution in [0.1, 0.15) is 11.1 Å². The predicted molar refractivity (Wildman–Crippen MR) is 72.3 cm³/mol. The summed E-state index contributed by atoms with van der Waals surface area (Å²) < 4.78 is 0. The first-order chi connectivity index (χ1) is 7.85. The van der Waals surface area contributed by atoms with Crippen LogP contribution in [0.4, 0.5) is 0 Å². The third kappa shape index (κ3) is 2.39. The van der Waals surface area contributed by atoms with Crippen molar-refractivity contribution in [2.24, 2.45) is 0 Å². The summed E-state index contributed by atoms with van der Waals surface area (Å²) >= 11 is 4.26. The zero-order chi connectivity index (χ0) is 11.4. The van der Waals surface area contributed by atoms with Crippen LogP contribution >= 0.6 is 12.6 Å². The normalized spacial score (nSPS) is 10.9. The van der Waals surface area contributed by atoms with Crippen LogP contribution in [0.2, 0.25) is 0 Å². The maximum absolute atomic E-state index is 9.08. The van der Waals surface area contributed by atoms with Gasteiger partial charge < -0.3 is 5.11 Å². The molecule has 0 radical (unpaired) electrons. The summed E-state index contributed by atoms with van der Waals surface area (Å²) in [6.07, 6.45) is 1.70. The minimum Gasteiger partial charge on any atom is -0.396 e. The molecule has 0 aliphatic carbocycles. The molecule has 0 spiro atoms. The van der Waals surface area contributed by atoms with Crippen molar-refractivity contribution in [3.63, 3.8) is 0 Å². The first-order valence-electron chi connectivity index (χ1n) is 5.57. The van der Waals surface area contributed by atoms with E-state index in [9.17, 15) is 0 Å². The van der Waals surface area contributed by atoms with E-state index in [4.69, 9.17) is 5.11 Å². The van der Waals surface area contributed by atoms with Gasteiger partial charge in [0.15, 0.2) is 0 Å². The highest BCUT2D eigenvalue weighted by Crippen LogP contribution is 2.22. The molecule has 2 rings (SSSR count). The second-order valence-electron chi connectivity index (χ2n) is 3.92. The maximum Gasteiger partial charge on any atom is 0.0471 e. The Kier molecular flexibility index (Phi) is 3.86. The lowest BCUT2D eigenvalue weighted by Crippen LogP contribution is -1.95. The molecule has 84 valence electrons. The molecular formula is C14H16OS. The van der Waals surface area contributed by atoms with Crippen LogP contribution in [-0.4, -0.2) is 17.5 Å². The van der Waals surface area contributed by atoms with Gasteiger partial charge in [0.2, 0.25) is 0 Å². The summed E-state index contributed by atoms with van der Waals surface area (Å²) in [5.41, 5.74) is 2.54. The monoisotopic (exact) mass is 232 g/mol. The van der Waals surface area contributed by atoms with Crippen molar-refractivity contribution in [1.29, 1.82) is 0 Å². The first kappa shape index (κ1) is 11.5. The molecule has 0 atom stereocenters. The summed E-state index contributed by atoms with van der Waals surface area (Å²) in [6.45, 7) is 0.203. The molecule has 0 heterocycles. The van der Waals surface area contributed by atoms with Gasteiger partial charge in [-0.25, -0.2) is 0 Å². The van der Waals surface area contributed by atoms with Gasteiger partial charge in [0, 0.05) is 6.61 Å². The van der Waals surface area contributed by atoms with Gasteiger partial charge >= 0.3 is 0 Å². The van der Waals surface area contributed by atoms with Crippen LogP contribution in [0.5, 0.6) is 0 Å². The van der Waals surface area contributed by atoms with E-state index in [1.807, 2.05) is 6.07 Å². The van der Waals surface area contributed by atoms with Crippen LogP contribution in [0.3, 0.4) is 0 Å². The number of hydrogen-bond acceptors (Lipinski definition) is 2. The highest BCUT2D eigenvalue weighted by Gasteiger charge is 2.03. The van der Waals surface area contributed by atoms with Crippen molar-refractivity contribution in [2.45, 2.75) is 12.8 Å². The summed E-state index contributed by atoms with van der Waals surface area (Å²) in [6, 6.07) is 12.7. The SMILES string of the molecule is OCCc1cc(CCS)cc2ccccc12. The molecular weight excluding hydrogens is 216 g/mol. The van der Waals surface area contributed by atoms with E-state index in [0.29, 0.717) is 0 Å². The summed E-state index contributed by atoms with van der Waals surface area (Å²) in [5.74, 6) is 0.858. The number of thiol groups is 1. The van der Waals surface area contributed by atoms with Gasteiger partial charge in [0.25, 0.3) is 0 Å². The van der Waals surface area contributed by atoms with Crippen molar-refractivity contribution < 1.29 is 5.11 Å². The van der Waals surface area contributed by atoms with Crippen molar-refractivity contribution >= 4 is 23.4 Å². The molecule has 0 saturated heterocycles. The standard InChI is InChI=1S/C14H16OS/c15-7-5-13-10-11(6-8-16)9-12-3-1-2-4-14(12)13/h1-4,9-10,15-16H,5-8H2. The Hall–Kier alpha value is -0.990. The third-order valence-electron chi connectivity index (χ3n) is 2.79. The van der Waals surface area contributed by atoms with Crippen molar-refractivity contribution in [3.8, 4) is 0 Å². The number of aryl methyl sites for hydroxylation is 1. The van der Waals surface area contributed by atoms with Gasteiger partial charge in [-0.3, -0.25) is 0 Å². The average molecular weight is 232 g/mol. The molecule has 0 saturated carbocycles. The minimum absolute atomic E-state index is 0.203. The lowest BCUT2D eigenvalue weighted by Gasteiger charge is -2.08. The van der Waals surface area contributed by atoms with Crippen LogP contribution in [0.25, 0.3) is 10.8 Å². The number of aliphatic hydroxyl groups is 1. The van der Waals surface area contributed by atoms with E-state index >= 15 is 0 Å². The Bertz CT molecular complexity index is 479. The fourth-order valence-corrected chi connectivity index (χ4v) is 2.32. The van der Waals surface area contributed by atoms with Crippen LogP contribution < -0.4 is 0 Å². The van der Waals surface area contributed by atoms with Gasteiger partial charge in [-0.15, -0.1) is 0 Å². The van der Waals surface area contributed by atoms with E-state index in [1.165, 1.54) is 21.9 Å². The summed E-state index contributed by atoms with van der Waals surface area (Å²) in [5, 5.41) is 11.6. The molecule has 0 bridgehead atoms. The molecule has 16 heavy (non-hydrogen) atoms. The quantitative estimate of drug-likeness (QED) is 0.777. The van der Waals surface area contributed by atoms with Crippen LogP contribution in [0, 0.1) is 0 Å². The molecule has 0 aromatic heterocycles. The lowest BCUT2D eigenvalue weighted by atomic mass is 9.98. The van der Waals surface area contributed by atoms with Gasteiger partial charge in [0.1, 0.15) is 0 Å². The number of hydrogen-bond donors (Lipinski definition) is 2. The number of aliphatic hydroxyl groups excluding tert-OH is 1. The van der Waals surface area contributed by atoms with E-state index in [1.54, 1.807) is 0 Å². The van der Waals surface area contributed by atoms with Crippen molar-refractivity contribution in [1.82, 2.24) is 0 Å². The molecule has 2 aromatic carbocycles. The van der Waals surface area contributed by atoms with E-state index in [2.05, 4.69) is 43.0 Å². The van der Waals surface area contributed by atoms with E-state index in [0.717, 1.165) is 18.6 Å². The second kappa shape index (κ2) is 5.37. The van der Waals surface area contributed by atoms with Crippen LogP contribution in [0.15, 0.2) is 36.4 Å². The Morgan fingerprint density at radius 2 is 1.88 bits per heavy atom. The minimum atomic E-state index is 0.203. The van der Waals surface area contributed by atoms with Gasteiger partial charge in [-0.05, 0) is 40.5 Å². The molecule has 0 aliphatic heterocycles. The zero-order valence-corrected chi connectivity index (χ0v) is 10.1. The fraction of sp³-hybridized carbons (Fsp3) is 0.286. The van der Waals surface area contributed by atoms with Crippen LogP contribution in [-0.2, 0) is 12.8 Å². The highest BCUT2D eigenvalue weighted by molar-refractivity contribution is 7.80. The molecule has 0 amide bonds.